The number of rotatable bonds is 9. The van der Waals surface area contributed by atoms with E-state index in [4.69, 9.17) is 9.26 Å². The lowest BCUT2D eigenvalue weighted by atomic mass is 9.92. The lowest BCUT2D eigenvalue weighted by Gasteiger charge is -2.39. The van der Waals surface area contributed by atoms with Crippen LogP contribution in [-0.2, 0) is 11.2 Å². The summed E-state index contributed by atoms with van der Waals surface area (Å²) in [6, 6.07) is 7.83. The summed E-state index contributed by atoms with van der Waals surface area (Å²) in [5.41, 5.74) is 1.03. The second kappa shape index (κ2) is 9.02. The van der Waals surface area contributed by atoms with Crippen LogP contribution in [-0.4, -0.2) is 41.1 Å². The Morgan fingerprint density at radius 2 is 1.96 bits per heavy atom. The zero-order valence-corrected chi connectivity index (χ0v) is 16.5. The molecule has 1 aliphatic rings. The molecule has 0 spiro atoms. The average Bonchev–Trinajstić information content (AvgIpc) is 3.08. The van der Waals surface area contributed by atoms with E-state index in [1.807, 2.05) is 29.2 Å². The van der Waals surface area contributed by atoms with Crippen molar-refractivity contribution in [1.29, 1.82) is 0 Å². The van der Waals surface area contributed by atoms with Gasteiger partial charge in [0, 0.05) is 31.0 Å². The van der Waals surface area contributed by atoms with Gasteiger partial charge in [-0.25, -0.2) is 0 Å². The van der Waals surface area contributed by atoms with Crippen LogP contribution >= 0.6 is 0 Å². The van der Waals surface area contributed by atoms with E-state index >= 15 is 0 Å². The summed E-state index contributed by atoms with van der Waals surface area (Å²) < 4.78 is 10.8. The lowest BCUT2D eigenvalue weighted by Crippen LogP contribution is -2.50. The van der Waals surface area contributed by atoms with Gasteiger partial charge in [0.2, 0.25) is 11.8 Å². The smallest absolute Gasteiger partial charge is 0.233 e. The van der Waals surface area contributed by atoms with Crippen LogP contribution < -0.4 is 4.74 Å². The van der Waals surface area contributed by atoms with Gasteiger partial charge in [-0.1, -0.05) is 50.0 Å². The maximum absolute atomic E-state index is 12.6. The molecule has 2 aromatic rings. The quantitative estimate of drug-likeness (QED) is 0.670. The third kappa shape index (κ3) is 4.49. The Balaban J connectivity index is 1.57. The largest absolute Gasteiger partial charge is 0.496 e. The molecular formula is C21H29N3O3. The van der Waals surface area contributed by atoms with Gasteiger partial charge in [-0.15, -0.1) is 0 Å². The van der Waals surface area contributed by atoms with Gasteiger partial charge >= 0.3 is 0 Å². The minimum atomic E-state index is 0.150. The van der Waals surface area contributed by atoms with Gasteiger partial charge in [0.15, 0.2) is 5.82 Å². The van der Waals surface area contributed by atoms with E-state index in [1.165, 1.54) is 0 Å². The maximum atomic E-state index is 12.6. The van der Waals surface area contributed by atoms with Crippen molar-refractivity contribution in [2.24, 2.45) is 5.92 Å². The third-order valence-corrected chi connectivity index (χ3v) is 5.19. The minimum absolute atomic E-state index is 0.150. The number of likely N-dealkylation sites (tertiary alicyclic amines) is 1. The fourth-order valence-corrected chi connectivity index (χ4v) is 3.69. The van der Waals surface area contributed by atoms with Crippen molar-refractivity contribution in [1.82, 2.24) is 15.0 Å². The van der Waals surface area contributed by atoms with Gasteiger partial charge in [-0.05, 0) is 18.9 Å². The van der Waals surface area contributed by atoms with Crippen LogP contribution in [0, 0.1) is 5.92 Å². The highest BCUT2D eigenvalue weighted by Crippen LogP contribution is 2.29. The van der Waals surface area contributed by atoms with E-state index in [2.05, 4.69) is 24.0 Å². The summed E-state index contributed by atoms with van der Waals surface area (Å²) in [5, 5.41) is 4.11. The van der Waals surface area contributed by atoms with Gasteiger partial charge in [-0.2, -0.15) is 4.98 Å². The van der Waals surface area contributed by atoms with Gasteiger partial charge in [0.05, 0.1) is 13.0 Å². The molecule has 6 heteroatoms. The van der Waals surface area contributed by atoms with E-state index in [0.29, 0.717) is 31.2 Å². The van der Waals surface area contributed by atoms with Crippen molar-refractivity contribution in [3.05, 3.63) is 41.5 Å². The number of benzene rings is 1. The van der Waals surface area contributed by atoms with E-state index in [1.54, 1.807) is 7.11 Å². The number of amides is 1. The van der Waals surface area contributed by atoms with Crippen LogP contribution in [0.15, 0.2) is 28.8 Å². The van der Waals surface area contributed by atoms with Crippen molar-refractivity contribution < 1.29 is 14.1 Å². The second-order valence-corrected chi connectivity index (χ2v) is 7.25. The predicted octanol–water partition coefficient (Wildman–Crippen LogP) is 3.81. The predicted molar refractivity (Wildman–Crippen MR) is 103 cm³/mol. The molecule has 1 amide bonds. The topological polar surface area (TPSA) is 68.5 Å². The van der Waals surface area contributed by atoms with Crippen LogP contribution in [0.3, 0.4) is 0 Å². The molecule has 0 atom stereocenters. The molecule has 1 aromatic heterocycles. The highest BCUT2D eigenvalue weighted by atomic mass is 16.5. The molecule has 0 saturated carbocycles. The Morgan fingerprint density at radius 3 is 2.63 bits per heavy atom. The molecule has 0 N–H and O–H groups in total. The molecule has 146 valence electrons. The molecule has 2 heterocycles. The van der Waals surface area contributed by atoms with E-state index in [0.717, 1.165) is 37.0 Å². The first kappa shape index (κ1) is 19.4. The third-order valence-electron chi connectivity index (χ3n) is 5.19. The SMILES string of the molecule is CCCC(CCC)C(=O)N1CC(c2nc(Cc3ccccc3OC)no2)C1. The van der Waals surface area contributed by atoms with Crippen molar-refractivity contribution in [3.63, 3.8) is 0 Å². The van der Waals surface area contributed by atoms with Crippen LogP contribution in [0.5, 0.6) is 5.75 Å². The summed E-state index contributed by atoms with van der Waals surface area (Å²) in [4.78, 5) is 19.1. The molecule has 0 bridgehead atoms. The van der Waals surface area contributed by atoms with E-state index in [9.17, 15) is 4.79 Å². The molecule has 1 saturated heterocycles. The van der Waals surface area contributed by atoms with Gasteiger partial charge in [0.1, 0.15) is 5.75 Å². The Kier molecular flexibility index (Phi) is 6.48. The molecule has 0 aliphatic carbocycles. The number of methoxy groups -OCH3 is 1. The fraction of sp³-hybridized carbons (Fsp3) is 0.571. The Morgan fingerprint density at radius 1 is 1.26 bits per heavy atom. The lowest BCUT2D eigenvalue weighted by molar-refractivity contribution is -0.141. The molecule has 1 fully saturated rings. The molecule has 3 rings (SSSR count). The van der Waals surface area contributed by atoms with Crippen molar-refractivity contribution in [2.75, 3.05) is 20.2 Å². The first-order valence-electron chi connectivity index (χ1n) is 9.89. The van der Waals surface area contributed by atoms with E-state index < -0.39 is 0 Å². The molecular weight excluding hydrogens is 342 g/mol. The van der Waals surface area contributed by atoms with Crippen LogP contribution in [0.4, 0.5) is 0 Å². The molecule has 6 nitrogen and oxygen atoms in total. The van der Waals surface area contributed by atoms with Gasteiger partial charge in [-0.3, -0.25) is 4.79 Å². The normalized spacial score (nSPS) is 14.4. The minimum Gasteiger partial charge on any atom is -0.496 e. The highest BCUT2D eigenvalue weighted by Gasteiger charge is 2.37. The second-order valence-electron chi connectivity index (χ2n) is 7.25. The Hall–Kier alpha value is -2.37. The van der Waals surface area contributed by atoms with Crippen LogP contribution in [0.1, 0.15) is 62.7 Å². The molecule has 0 radical (unpaired) electrons. The van der Waals surface area contributed by atoms with E-state index in [-0.39, 0.29) is 17.7 Å². The molecule has 0 unspecified atom stereocenters. The number of ether oxygens (including phenoxy) is 1. The first-order chi connectivity index (χ1) is 13.2. The number of carbonyl (C=O) groups is 1. The zero-order chi connectivity index (χ0) is 19.2. The number of hydrogen-bond donors (Lipinski definition) is 0. The summed E-state index contributed by atoms with van der Waals surface area (Å²) in [6.07, 6.45) is 4.60. The molecule has 1 aromatic carbocycles. The summed E-state index contributed by atoms with van der Waals surface area (Å²) in [5.74, 6) is 2.69. The fourth-order valence-electron chi connectivity index (χ4n) is 3.69. The number of hydrogen-bond acceptors (Lipinski definition) is 5. The van der Waals surface area contributed by atoms with Gasteiger partial charge in [0.25, 0.3) is 0 Å². The molecule has 27 heavy (non-hydrogen) atoms. The number of para-hydroxylation sites is 1. The monoisotopic (exact) mass is 371 g/mol. The highest BCUT2D eigenvalue weighted by molar-refractivity contribution is 5.79. The van der Waals surface area contributed by atoms with Crippen molar-refractivity contribution >= 4 is 5.91 Å². The maximum Gasteiger partial charge on any atom is 0.233 e. The molecule has 1 aliphatic heterocycles. The number of aromatic nitrogens is 2. The summed E-state index contributed by atoms with van der Waals surface area (Å²) in [7, 11) is 1.66. The van der Waals surface area contributed by atoms with Gasteiger partial charge < -0.3 is 14.2 Å². The summed E-state index contributed by atoms with van der Waals surface area (Å²) in [6.45, 7) is 5.63. The van der Waals surface area contributed by atoms with Crippen LogP contribution in [0.25, 0.3) is 0 Å². The zero-order valence-electron chi connectivity index (χ0n) is 16.5. The first-order valence-corrected chi connectivity index (χ1v) is 9.89. The van der Waals surface area contributed by atoms with Crippen molar-refractivity contribution in [2.45, 2.75) is 51.9 Å². The average molecular weight is 371 g/mol. The Bertz CT molecular complexity index is 747. The van der Waals surface area contributed by atoms with Crippen LogP contribution in [0.2, 0.25) is 0 Å². The number of nitrogens with zero attached hydrogens (tertiary/aromatic N) is 3. The number of carbonyl (C=O) groups excluding carboxylic acids is 1. The standard InChI is InChI=1S/C21H29N3O3/c1-4-8-15(9-5-2)21(25)24-13-17(14-24)20-22-19(23-27-20)12-16-10-6-7-11-18(16)26-3/h6-7,10-11,15,17H,4-5,8-9,12-14H2,1-3H3. The van der Waals surface area contributed by atoms with Crippen molar-refractivity contribution in [3.8, 4) is 5.75 Å². The Labute approximate surface area is 160 Å². The summed E-state index contributed by atoms with van der Waals surface area (Å²) >= 11 is 0.